The normalized spacial score (nSPS) is 46.7. The van der Waals surface area contributed by atoms with Gasteiger partial charge >= 0.3 is 0 Å². The summed E-state index contributed by atoms with van der Waals surface area (Å²) in [5.41, 5.74) is 0. The molecule has 0 radical (unpaired) electrons. The summed E-state index contributed by atoms with van der Waals surface area (Å²) < 4.78 is 20.9. The number of rotatable bonds is 6. The van der Waals surface area contributed by atoms with Gasteiger partial charge in [-0.3, -0.25) is 0 Å². The van der Waals surface area contributed by atoms with Crippen LogP contribution in [0.25, 0.3) is 0 Å². The first-order valence-corrected chi connectivity index (χ1v) is 7.99. The van der Waals surface area contributed by atoms with E-state index in [-0.39, 0.29) is 6.61 Å². The molecule has 2 saturated heterocycles. The Morgan fingerprint density at radius 3 is 1.92 bits per heavy atom. The molecule has 0 bridgehead atoms. The number of hydrogen-bond acceptors (Lipinski definition) is 11. The topological polar surface area (TPSA) is 179 Å². The Labute approximate surface area is 149 Å². The molecule has 2 aliphatic rings. The molecule has 26 heavy (non-hydrogen) atoms. The van der Waals surface area contributed by atoms with Crippen molar-refractivity contribution >= 4 is 0 Å². The fourth-order valence-electron chi connectivity index (χ4n) is 2.82. The van der Waals surface area contributed by atoms with Crippen LogP contribution in [-0.2, 0) is 18.9 Å². The highest BCUT2D eigenvalue weighted by Gasteiger charge is 2.50. The Hall–Kier alpha value is -0.880. The van der Waals surface area contributed by atoms with Crippen LogP contribution >= 0.6 is 0 Å². The van der Waals surface area contributed by atoms with E-state index >= 15 is 0 Å². The average molecular weight is 380 g/mol. The summed E-state index contributed by atoms with van der Waals surface area (Å²) in [7, 11) is 0. The fourth-order valence-corrected chi connectivity index (χ4v) is 2.82. The lowest BCUT2D eigenvalue weighted by atomic mass is 9.97. The minimum Gasteiger partial charge on any atom is -0.394 e. The Bertz CT molecular complexity index is 479. The minimum atomic E-state index is -1.72. The van der Waals surface area contributed by atoms with Crippen LogP contribution in [0, 0.1) is 12.3 Å². The summed E-state index contributed by atoms with van der Waals surface area (Å²) in [5, 5.41) is 68.5. The fraction of sp³-hybridized carbons (Fsp3) is 0.867. The van der Waals surface area contributed by atoms with Gasteiger partial charge in [0, 0.05) is 0 Å². The van der Waals surface area contributed by atoms with Crippen molar-refractivity contribution in [1.82, 2.24) is 0 Å². The molecule has 11 heteroatoms. The van der Waals surface area contributed by atoms with Crippen LogP contribution in [-0.4, -0.2) is 117 Å². The number of aliphatic hydroxyl groups is 7. The summed E-state index contributed by atoms with van der Waals surface area (Å²) in [6, 6.07) is 0. The van der Waals surface area contributed by atoms with E-state index in [4.69, 9.17) is 25.4 Å². The molecule has 7 N–H and O–H groups in total. The van der Waals surface area contributed by atoms with Gasteiger partial charge in [0.05, 0.1) is 13.2 Å². The molecule has 150 valence electrons. The van der Waals surface area contributed by atoms with Gasteiger partial charge in [-0.2, -0.15) is 0 Å². The monoisotopic (exact) mass is 380 g/mol. The molecule has 2 rings (SSSR count). The second-order valence-corrected chi connectivity index (χ2v) is 6.02. The molecule has 2 heterocycles. The third-order valence-corrected chi connectivity index (χ3v) is 4.29. The third-order valence-electron chi connectivity index (χ3n) is 4.29. The summed E-state index contributed by atoms with van der Waals surface area (Å²) in [4.78, 5) is 0. The Kier molecular flexibility index (Phi) is 7.71. The molecule has 0 aromatic rings. The van der Waals surface area contributed by atoms with E-state index in [1.807, 2.05) is 0 Å². The quantitative estimate of drug-likeness (QED) is 0.220. The first kappa shape index (κ1) is 21.4. The van der Waals surface area contributed by atoms with E-state index in [2.05, 4.69) is 5.92 Å². The largest absolute Gasteiger partial charge is 0.394 e. The standard InChI is InChI=1S/C15H24O11/c1-2-3-23-14-12(22)10(20)13(7(5-17)25-14)26-15-11(21)9(19)8(18)6(4-16)24-15/h1,6-22H,3-5H2/t6?,7-,8-,9-,10?,11?,12?,13+,14+,15-/m0/s1. The number of aliphatic hydroxyl groups excluding tert-OH is 7. The zero-order valence-corrected chi connectivity index (χ0v) is 13.7. The first-order chi connectivity index (χ1) is 12.3. The highest BCUT2D eigenvalue weighted by atomic mass is 16.7. The molecule has 2 aliphatic heterocycles. The van der Waals surface area contributed by atoms with Crippen molar-refractivity contribution < 1.29 is 54.7 Å². The van der Waals surface area contributed by atoms with Crippen molar-refractivity contribution in [2.24, 2.45) is 0 Å². The zero-order chi connectivity index (χ0) is 19.4. The van der Waals surface area contributed by atoms with Gasteiger partial charge in [0.25, 0.3) is 0 Å². The van der Waals surface area contributed by atoms with Crippen LogP contribution in [0.5, 0.6) is 0 Å². The Balaban J connectivity index is 2.10. The maximum absolute atomic E-state index is 10.3. The predicted molar refractivity (Wildman–Crippen MR) is 81.2 cm³/mol. The van der Waals surface area contributed by atoms with E-state index in [0.717, 1.165) is 0 Å². The third kappa shape index (κ3) is 4.33. The highest BCUT2D eigenvalue weighted by Crippen LogP contribution is 2.29. The van der Waals surface area contributed by atoms with Crippen LogP contribution < -0.4 is 0 Å². The van der Waals surface area contributed by atoms with Crippen LogP contribution in [0.2, 0.25) is 0 Å². The zero-order valence-electron chi connectivity index (χ0n) is 13.7. The number of ether oxygens (including phenoxy) is 4. The summed E-state index contributed by atoms with van der Waals surface area (Å²) in [6.07, 6.45) is -9.78. The Morgan fingerprint density at radius 2 is 1.35 bits per heavy atom. The molecular weight excluding hydrogens is 356 g/mol. The second kappa shape index (κ2) is 9.36. The summed E-state index contributed by atoms with van der Waals surface area (Å²) in [5.74, 6) is 2.17. The molecule has 0 saturated carbocycles. The lowest BCUT2D eigenvalue weighted by Gasteiger charge is -2.45. The van der Waals surface area contributed by atoms with Gasteiger partial charge in [0.1, 0.15) is 55.4 Å². The van der Waals surface area contributed by atoms with E-state index < -0.39 is 74.6 Å². The first-order valence-electron chi connectivity index (χ1n) is 7.99. The molecule has 10 atom stereocenters. The van der Waals surface area contributed by atoms with E-state index in [1.165, 1.54) is 0 Å². The van der Waals surface area contributed by atoms with E-state index in [9.17, 15) is 35.7 Å². The van der Waals surface area contributed by atoms with Gasteiger partial charge in [0.15, 0.2) is 12.6 Å². The van der Waals surface area contributed by atoms with Gasteiger partial charge in [-0.1, -0.05) is 5.92 Å². The number of terminal acetylenes is 1. The van der Waals surface area contributed by atoms with Gasteiger partial charge in [0.2, 0.25) is 0 Å². The molecule has 0 aromatic heterocycles. The average Bonchev–Trinajstić information content (AvgIpc) is 2.64. The van der Waals surface area contributed by atoms with E-state index in [0.29, 0.717) is 0 Å². The smallest absolute Gasteiger partial charge is 0.187 e. The maximum Gasteiger partial charge on any atom is 0.187 e. The van der Waals surface area contributed by atoms with Crippen molar-refractivity contribution in [3.8, 4) is 12.3 Å². The van der Waals surface area contributed by atoms with Gasteiger partial charge in [-0.15, -0.1) is 6.42 Å². The van der Waals surface area contributed by atoms with Crippen molar-refractivity contribution in [2.75, 3.05) is 19.8 Å². The molecule has 0 aromatic carbocycles. The second-order valence-electron chi connectivity index (χ2n) is 6.02. The van der Waals surface area contributed by atoms with Crippen molar-refractivity contribution in [2.45, 2.75) is 61.4 Å². The molecule has 0 amide bonds. The van der Waals surface area contributed by atoms with Crippen molar-refractivity contribution in [1.29, 1.82) is 0 Å². The SMILES string of the molecule is C#CCO[C@@H]1O[C@@H](CO)[C@@H](O[C@@H]2OC(CO)[C@H](O)[C@H](O)C2O)C(O)C1O. The lowest BCUT2D eigenvalue weighted by Crippen LogP contribution is -2.64. The molecule has 11 nitrogen and oxygen atoms in total. The molecule has 0 aliphatic carbocycles. The van der Waals surface area contributed by atoms with E-state index in [1.54, 1.807) is 0 Å². The predicted octanol–water partition coefficient (Wildman–Crippen LogP) is -4.74. The Morgan fingerprint density at radius 1 is 0.769 bits per heavy atom. The van der Waals surface area contributed by atoms with Gasteiger partial charge in [-0.25, -0.2) is 0 Å². The van der Waals surface area contributed by atoms with Crippen LogP contribution in [0.4, 0.5) is 0 Å². The van der Waals surface area contributed by atoms with Crippen LogP contribution in [0.15, 0.2) is 0 Å². The van der Waals surface area contributed by atoms with Crippen molar-refractivity contribution in [3.63, 3.8) is 0 Å². The van der Waals surface area contributed by atoms with Crippen LogP contribution in [0.3, 0.4) is 0 Å². The van der Waals surface area contributed by atoms with Crippen molar-refractivity contribution in [3.05, 3.63) is 0 Å². The minimum absolute atomic E-state index is 0.204. The number of hydrogen-bond donors (Lipinski definition) is 7. The highest BCUT2D eigenvalue weighted by molar-refractivity contribution is 4.94. The molecule has 0 spiro atoms. The van der Waals surface area contributed by atoms with Gasteiger partial charge < -0.3 is 54.7 Å². The lowest BCUT2D eigenvalue weighted by molar-refractivity contribution is -0.358. The molecular formula is C15H24O11. The van der Waals surface area contributed by atoms with Gasteiger partial charge in [-0.05, 0) is 0 Å². The summed E-state index contributed by atoms with van der Waals surface area (Å²) in [6.45, 7) is -1.50. The van der Waals surface area contributed by atoms with Crippen LogP contribution in [0.1, 0.15) is 0 Å². The molecule has 2 fully saturated rings. The maximum atomic E-state index is 10.3. The molecule has 4 unspecified atom stereocenters. The summed E-state index contributed by atoms with van der Waals surface area (Å²) >= 11 is 0.